The van der Waals surface area contributed by atoms with Crippen LogP contribution in [0.25, 0.3) is 0 Å². The molecular weight excluding hydrogens is 227 g/mol. The predicted octanol–water partition coefficient (Wildman–Crippen LogP) is 3.49. The molecule has 0 radical (unpaired) electrons. The fraction of sp³-hybridized carbons (Fsp3) is 0.0833. The van der Waals surface area contributed by atoms with Crippen LogP contribution in [-0.4, -0.2) is 4.98 Å². The van der Waals surface area contributed by atoms with Gasteiger partial charge in [0, 0.05) is 29.6 Å². The third kappa shape index (κ3) is 2.94. The van der Waals surface area contributed by atoms with Gasteiger partial charge in [-0.2, -0.15) is 0 Å². The van der Waals surface area contributed by atoms with Crippen molar-refractivity contribution in [2.24, 2.45) is 0 Å². The number of pyridine rings is 1. The minimum absolute atomic E-state index is 0.346. The summed E-state index contributed by atoms with van der Waals surface area (Å²) in [5.41, 5.74) is 1.69. The number of nitrogens with one attached hydrogen (secondary N) is 1. The average molecular weight is 237 g/mol. The lowest BCUT2D eigenvalue weighted by Crippen LogP contribution is -1.99. The predicted molar refractivity (Wildman–Crippen MR) is 63.0 cm³/mol. The summed E-state index contributed by atoms with van der Waals surface area (Å²) in [4.78, 5) is 3.99. The molecule has 0 bridgehead atoms. The first kappa shape index (κ1) is 10.9. The van der Waals surface area contributed by atoms with Gasteiger partial charge in [-0.25, -0.2) is 4.39 Å². The largest absolute Gasteiger partial charge is 0.381 e. The first-order valence-corrected chi connectivity index (χ1v) is 5.21. The maximum atomic E-state index is 13.0. The molecule has 0 atom stereocenters. The van der Waals surface area contributed by atoms with Crippen LogP contribution in [0.4, 0.5) is 10.1 Å². The lowest BCUT2D eigenvalue weighted by molar-refractivity contribution is 0.628. The SMILES string of the molecule is Fc1cc(Cl)cc(NCc2cccnc2)c1. The van der Waals surface area contributed by atoms with Gasteiger partial charge in [-0.1, -0.05) is 17.7 Å². The fourth-order valence-corrected chi connectivity index (χ4v) is 1.58. The third-order valence-electron chi connectivity index (χ3n) is 2.08. The molecule has 0 saturated carbocycles. The van der Waals surface area contributed by atoms with E-state index in [9.17, 15) is 4.39 Å². The second-order valence-corrected chi connectivity index (χ2v) is 3.81. The van der Waals surface area contributed by atoms with Crippen molar-refractivity contribution >= 4 is 17.3 Å². The zero-order valence-electron chi connectivity index (χ0n) is 8.45. The molecule has 1 heterocycles. The van der Waals surface area contributed by atoms with Crippen molar-refractivity contribution in [2.45, 2.75) is 6.54 Å². The van der Waals surface area contributed by atoms with Crippen LogP contribution in [0.3, 0.4) is 0 Å². The molecule has 82 valence electrons. The van der Waals surface area contributed by atoms with Crippen molar-refractivity contribution in [1.29, 1.82) is 0 Å². The van der Waals surface area contributed by atoms with Crippen molar-refractivity contribution in [3.63, 3.8) is 0 Å². The third-order valence-corrected chi connectivity index (χ3v) is 2.30. The molecule has 1 N–H and O–H groups in total. The molecule has 0 saturated heterocycles. The molecule has 0 amide bonds. The molecule has 2 aromatic rings. The van der Waals surface area contributed by atoms with Crippen molar-refractivity contribution in [2.75, 3.05) is 5.32 Å². The van der Waals surface area contributed by atoms with Gasteiger partial charge in [-0.05, 0) is 29.8 Å². The van der Waals surface area contributed by atoms with Gasteiger partial charge in [0.05, 0.1) is 0 Å². The minimum atomic E-state index is -0.346. The number of nitrogens with zero attached hydrogens (tertiary/aromatic N) is 1. The summed E-state index contributed by atoms with van der Waals surface area (Å²) >= 11 is 5.74. The number of anilines is 1. The maximum Gasteiger partial charge on any atom is 0.126 e. The second-order valence-electron chi connectivity index (χ2n) is 3.37. The Labute approximate surface area is 98.1 Å². The Bertz CT molecular complexity index is 453. The van der Waals surface area contributed by atoms with Crippen LogP contribution >= 0.6 is 11.6 Å². The van der Waals surface area contributed by atoms with E-state index in [1.165, 1.54) is 12.1 Å². The van der Waals surface area contributed by atoms with E-state index >= 15 is 0 Å². The van der Waals surface area contributed by atoms with Crippen LogP contribution in [0.5, 0.6) is 0 Å². The highest BCUT2D eigenvalue weighted by atomic mass is 35.5. The Hall–Kier alpha value is -1.61. The van der Waals surface area contributed by atoms with E-state index in [1.807, 2.05) is 12.1 Å². The summed E-state index contributed by atoms with van der Waals surface area (Å²) in [6.07, 6.45) is 3.47. The van der Waals surface area contributed by atoms with E-state index in [1.54, 1.807) is 18.5 Å². The van der Waals surface area contributed by atoms with Crippen LogP contribution in [0.15, 0.2) is 42.7 Å². The highest BCUT2D eigenvalue weighted by Gasteiger charge is 1.99. The number of benzene rings is 1. The second kappa shape index (κ2) is 4.94. The monoisotopic (exact) mass is 236 g/mol. The zero-order valence-corrected chi connectivity index (χ0v) is 9.21. The van der Waals surface area contributed by atoms with Crippen LogP contribution in [0, 0.1) is 5.82 Å². The molecule has 1 aromatic heterocycles. The Morgan fingerprint density at radius 3 is 2.88 bits per heavy atom. The van der Waals surface area contributed by atoms with Crippen LogP contribution in [0.1, 0.15) is 5.56 Å². The summed E-state index contributed by atoms with van der Waals surface area (Å²) in [6, 6.07) is 8.16. The molecule has 2 nitrogen and oxygen atoms in total. The van der Waals surface area contributed by atoms with Crippen LogP contribution in [-0.2, 0) is 6.54 Å². The molecule has 0 spiro atoms. The summed E-state index contributed by atoms with van der Waals surface area (Å²) in [7, 11) is 0. The molecule has 0 fully saturated rings. The van der Waals surface area contributed by atoms with Gasteiger partial charge in [-0.15, -0.1) is 0 Å². The number of hydrogen-bond donors (Lipinski definition) is 1. The van der Waals surface area contributed by atoms with E-state index in [0.717, 1.165) is 5.56 Å². The highest BCUT2D eigenvalue weighted by molar-refractivity contribution is 6.30. The fourth-order valence-electron chi connectivity index (χ4n) is 1.36. The summed E-state index contributed by atoms with van der Waals surface area (Å²) in [5, 5.41) is 3.46. The van der Waals surface area contributed by atoms with Crippen molar-refractivity contribution in [1.82, 2.24) is 4.98 Å². The smallest absolute Gasteiger partial charge is 0.126 e. The van der Waals surface area contributed by atoms with E-state index in [-0.39, 0.29) is 5.82 Å². The molecule has 2 rings (SSSR count). The molecular formula is C12H10ClFN2. The van der Waals surface area contributed by atoms with Crippen molar-refractivity contribution < 1.29 is 4.39 Å². The van der Waals surface area contributed by atoms with Crippen molar-refractivity contribution in [3.8, 4) is 0 Å². The van der Waals surface area contributed by atoms with Crippen molar-refractivity contribution in [3.05, 3.63) is 59.1 Å². The first-order chi connectivity index (χ1) is 7.74. The molecule has 4 heteroatoms. The van der Waals surface area contributed by atoms with E-state index in [4.69, 9.17) is 11.6 Å². The number of hydrogen-bond acceptors (Lipinski definition) is 2. The summed E-state index contributed by atoms with van der Waals surface area (Å²) < 4.78 is 13.0. The number of aromatic nitrogens is 1. The molecule has 0 aliphatic heterocycles. The van der Waals surface area contributed by atoms with Gasteiger partial charge < -0.3 is 5.32 Å². The lowest BCUT2D eigenvalue weighted by atomic mass is 10.2. The Morgan fingerprint density at radius 2 is 2.19 bits per heavy atom. The van der Waals surface area contributed by atoms with Gasteiger partial charge in [0.25, 0.3) is 0 Å². The molecule has 1 aromatic carbocycles. The zero-order chi connectivity index (χ0) is 11.4. The molecule has 0 aliphatic rings. The Kier molecular flexibility index (Phi) is 3.37. The quantitative estimate of drug-likeness (QED) is 0.883. The summed E-state index contributed by atoms with van der Waals surface area (Å²) in [5.74, 6) is -0.346. The van der Waals surface area contributed by atoms with Crippen LogP contribution in [0.2, 0.25) is 5.02 Å². The average Bonchev–Trinajstić information content (AvgIpc) is 2.27. The Balaban J connectivity index is 2.05. The van der Waals surface area contributed by atoms with E-state index in [0.29, 0.717) is 17.3 Å². The number of halogens is 2. The Morgan fingerprint density at radius 1 is 1.31 bits per heavy atom. The van der Waals surface area contributed by atoms with Gasteiger partial charge in [0.2, 0.25) is 0 Å². The molecule has 16 heavy (non-hydrogen) atoms. The lowest BCUT2D eigenvalue weighted by Gasteiger charge is -2.06. The van der Waals surface area contributed by atoms with Gasteiger partial charge >= 0.3 is 0 Å². The van der Waals surface area contributed by atoms with Crippen LogP contribution < -0.4 is 5.32 Å². The molecule has 0 unspecified atom stereocenters. The van der Waals surface area contributed by atoms with E-state index < -0.39 is 0 Å². The topological polar surface area (TPSA) is 24.9 Å². The normalized spacial score (nSPS) is 10.1. The maximum absolute atomic E-state index is 13.0. The highest BCUT2D eigenvalue weighted by Crippen LogP contribution is 2.18. The van der Waals surface area contributed by atoms with E-state index in [2.05, 4.69) is 10.3 Å². The first-order valence-electron chi connectivity index (χ1n) is 4.83. The standard InChI is InChI=1S/C12H10ClFN2/c13-10-4-11(14)6-12(5-10)16-8-9-2-1-3-15-7-9/h1-7,16H,8H2. The van der Waals surface area contributed by atoms with Gasteiger partial charge in [0.1, 0.15) is 5.82 Å². The number of rotatable bonds is 3. The van der Waals surface area contributed by atoms with Gasteiger partial charge in [0.15, 0.2) is 0 Å². The van der Waals surface area contributed by atoms with Gasteiger partial charge in [-0.3, -0.25) is 4.98 Å². The summed E-state index contributed by atoms with van der Waals surface area (Å²) in [6.45, 7) is 0.591. The minimum Gasteiger partial charge on any atom is -0.381 e. The molecule has 0 aliphatic carbocycles.